The summed E-state index contributed by atoms with van der Waals surface area (Å²) in [6.07, 6.45) is 3.86. The normalized spacial score (nSPS) is 10.2. The summed E-state index contributed by atoms with van der Waals surface area (Å²) in [7, 11) is 0. The molecule has 78 valence electrons. The summed E-state index contributed by atoms with van der Waals surface area (Å²) in [4.78, 5) is 3.01. The number of H-pyrrole nitrogens is 1. The van der Waals surface area contributed by atoms with Crippen molar-refractivity contribution in [1.29, 1.82) is 0 Å². The second-order valence-electron chi connectivity index (χ2n) is 3.57. The molecule has 0 aliphatic heterocycles. The Balaban J connectivity index is 2.05. The van der Waals surface area contributed by atoms with E-state index < -0.39 is 0 Å². The number of hydrogen-bond donors (Lipinski definition) is 3. The maximum absolute atomic E-state index is 9.26. The van der Waals surface area contributed by atoms with E-state index >= 15 is 0 Å². The standard InChI is InChI=1S/C12H14N2O/c1-9-6-11(15)2-3-12(9)14-8-10-4-5-13-7-10/h2-7,13-15H,8H2,1H3. The van der Waals surface area contributed by atoms with Crippen molar-refractivity contribution < 1.29 is 5.11 Å². The molecular formula is C12H14N2O. The Kier molecular flexibility index (Phi) is 2.63. The highest BCUT2D eigenvalue weighted by Gasteiger charge is 1.99. The molecule has 15 heavy (non-hydrogen) atoms. The summed E-state index contributed by atoms with van der Waals surface area (Å²) in [5, 5.41) is 12.6. The highest BCUT2D eigenvalue weighted by molar-refractivity contribution is 5.53. The van der Waals surface area contributed by atoms with Crippen LogP contribution >= 0.6 is 0 Å². The molecule has 0 amide bonds. The molecule has 0 bridgehead atoms. The second-order valence-corrected chi connectivity index (χ2v) is 3.57. The Morgan fingerprint density at radius 1 is 1.33 bits per heavy atom. The van der Waals surface area contributed by atoms with Gasteiger partial charge in [-0.15, -0.1) is 0 Å². The van der Waals surface area contributed by atoms with Gasteiger partial charge in [-0.3, -0.25) is 0 Å². The number of aromatic amines is 1. The van der Waals surface area contributed by atoms with Crippen LogP contribution in [-0.4, -0.2) is 10.1 Å². The SMILES string of the molecule is Cc1cc(O)ccc1NCc1cc[nH]c1. The number of benzene rings is 1. The molecule has 0 atom stereocenters. The van der Waals surface area contributed by atoms with Crippen LogP contribution in [0, 0.1) is 6.92 Å². The first-order valence-electron chi connectivity index (χ1n) is 4.91. The van der Waals surface area contributed by atoms with Gasteiger partial charge in [0, 0.05) is 24.6 Å². The van der Waals surface area contributed by atoms with Crippen molar-refractivity contribution >= 4 is 5.69 Å². The molecule has 1 heterocycles. The van der Waals surface area contributed by atoms with Gasteiger partial charge in [-0.25, -0.2) is 0 Å². The summed E-state index contributed by atoms with van der Waals surface area (Å²) < 4.78 is 0. The average molecular weight is 202 g/mol. The van der Waals surface area contributed by atoms with E-state index in [9.17, 15) is 5.11 Å². The van der Waals surface area contributed by atoms with Gasteiger partial charge in [0.05, 0.1) is 0 Å². The van der Waals surface area contributed by atoms with Gasteiger partial charge in [-0.1, -0.05) is 0 Å². The Morgan fingerprint density at radius 2 is 2.20 bits per heavy atom. The monoisotopic (exact) mass is 202 g/mol. The van der Waals surface area contributed by atoms with Crippen LogP contribution in [0.25, 0.3) is 0 Å². The summed E-state index contributed by atoms with van der Waals surface area (Å²) in [6.45, 7) is 2.76. The molecule has 0 spiro atoms. The number of aromatic nitrogens is 1. The fraction of sp³-hybridized carbons (Fsp3) is 0.167. The lowest BCUT2D eigenvalue weighted by Crippen LogP contribution is -1.99. The van der Waals surface area contributed by atoms with E-state index in [1.165, 1.54) is 5.56 Å². The number of nitrogens with one attached hydrogen (secondary N) is 2. The molecule has 2 rings (SSSR count). The number of hydrogen-bond acceptors (Lipinski definition) is 2. The summed E-state index contributed by atoms with van der Waals surface area (Å²) >= 11 is 0. The zero-order valence-electron chi connectivity index (χ0n) is 8.62. The van der Waals surface area contributed by atoms with Crippen molar-refractivity contribution in [1.82, 2.24) is 4.98 Å². The van der Waals surface area contributed by atoms with Gasteiger partial charge in [-0.2, -0.15) is 0 Å². The van der Waals surface area contributed by atoms with Crippen LogP contribution in [0.1, 0.15) is 11.1 Å². The molecule has 3 N–H and O–H groups in total. The third-order valence-electron chi connectivity index (χ3n) is 2.36. The number of aromatic hydroxyl groups is 1. The number of phenols is 1. The molecule has 2 aromatic rings. The molecule has 0 fully saturated rings. The first kappa shape index (κ1) is 9.65. The van der Waals surface area contributed by atoms with Crippen molar-refractivity contribution in [2.45, 2.75) is 13.5 Å². The summed E-state index contributed by atoms with van der Waals surface area (Å²) in [5.41, 5.74) is 3.31. The van der Waals surface area contributed by atoms with Gasteiger partial charge < -0.3 is 15.4 Å². The fourth-order valence-electron chi connectivity index (χ4n) is 1.51. The Bertz CT molecular complexity index is 435. The van der Waals surface area contributed by atoms with Crippen LogP contribution in [-0.2, 0) is 6.54 Å². The largest absolute Gasteiger partial charge is 0.508 e. The first-order chi connectivity index (χ1) is 7.25. The number of phenolic OH excluding ortho intramolecular Hbond substituents is 1. The molecule has 0 unspecified atom stereocenters. The maximum atomic E-state index is 9.26. The molecule has 0 aliphatic carbocycles. The first-order valence-corrected chi connectivity index (χ1v) is 4.91. The highest BCUT2D eigenvalue weighted by Crippen LogP contribution is 2.20. The van der Waals surface area contributed by atoms with Crippen LogP contribution in [0.15, 0.2) is 36.7 Å². The molecule has 0 aliphatic rings. The van der Waals surface area contributed by atoms with Crippen molar-refractivity contribution in [3.05, 3.63) is 47.8 Å². The van der Waals surface area contributed by atoms with E-state index in [2.05, 4.69) is 10.3 Å². The average Bonchev–Trinajstić information content (AvgIpc) is 2.69. The maximum Gasteiger partial charge on any atom is 0.115 e. The van der Waals surface area contributed by atoms with E-state index in [4.69, 9.17) is 0 Å². The lowest BCUT2D eigenvalue weighted by Gasteiger charge is -2.08. The van der Waals surface area contributed by atoms with E-state index in [0.29, 0.717) is 5.75 Å². The Hall–Kier alpha value is -1.90. The minimum absolute atomic E-state index is 0.305. The predicted molar refractivity (Wildman–Crippen MR) is 61.0 cm³/mol. The van der Waals surface area contributed by atoms with Gasteiger partial charge in [0.1, 0.15) is 5.75 Å². The second kappa shape index (κ2) is 4.09. The zero-order chi connectivity index (χ0) is 10.7. The third-order valence-corrected chi connectivity index (χ3v) is 2.36. The van der Waals surface area contributed by atoms with Gasteiger partial charge in [-0.05, 0) is 42.3 Å². The Morgan fingerprint density at radius 3 is 2.87 bits per heavy atom. The van der Waals surface area contributed by atoms with Crippen molar-refractivity contribution in [3.8, 4) is 5.75 Å². The van der Waals surface area contributed by atoms with Crippen LogP contribution in [0.3, 0.4) is 0 Å². The van der Waals surface area contributed by atoms with Gasteiger partial charge in [0.2, 0.25) is 0 Å². The molecule has 1 aromatic heterocycles. The smallest absolute Gasteiger partial charge is 0.115 e. The fourth-order valence-corrected chi connectivity index (χ4v) is 1.51. The number of aryl methyl sites for hydroxylation is 1. The van der Waals surface area contributed by atoms with Crippen molar-refractivity contribution in [2.24, 2.45) is 0 Å². The van der Waals surface area contributed by atoms with E-state index in [1.807, 2.05) is 31.5 Å². The minimum atomic E-state index is 0.305. The van der Waals surface area contributed by atoms with Crippen molar-refractivity contribution in [3.63, 3.8) is 0 Å². The van der Waals surface area contributed by atoms with E-state index in [1.54, 1.807) is 12.1 Å². The molecule has 0 saturated heterocycles. The third kappa shape index (κ3) is 2.31. The van der Waals surface area contributed by atoms with Gasteiger partial charge in [0.25, 0.3) is 0 Å². The topological polar surface area (TPSA) is 48.0 Å². The van der Waals surface area contributed by atoms with Gasteiger partial charge in [0.15, 0.2) is 0 Å². The minimum Gasteiger partial charge on any atom is -0.508 e. The van der Waals surface area contributed by atoms with Crippen molar-refractivity contribution in [2.75, 3.05) is 5.32 Å². The Labute approximate surface area is 88.8 Å². The van der Waals surface area contributed by atoms with Gasteiger partial charge >= 0.3 is 0 Å². The number of rotatable bonds is 3. The zero-order valence-corrected chi connectivity index (χ0v) is 8.62. The number of anilines is 1. The van der Waals surface area contributed by atoms with Crippen LogP contribution < -0.4 is 5.32 Å². The van der Waals surface area contributed by atoms with Crippen LogP contribution in [0.4, 0.5) is 5.69 Å². The lowest BCUT2D eigenvalue weighted by molar-refractivity contribution is 0.475. The predicted octanol–water partition coefficient (Wildman–Crippen LogP) is 2.64. The highest BCUT2D eigenvalue weighted by atomic mass is 16.3. The molecule has 3 heteroatoms. The lowest BCUT2D eigenvalue weighted by atomic mass is 10.2. The van der Waals surface area contributed by atoms with Crippen LogP contribution in [0.5, 0.6) is 5.75 Å². The summed E-state index contributed by atoms with van der Waals surface area (Å²) in [6, 6.07) is 7.35. The van der Waals surface area contributed by atoms with Crippen LogP contribution in [0.2, 0.25) is 0 Å². The van der Waals surface area contributed by atoms with E-state index in [0.717, 1.165) is 17.8 Å². The molecule has 0 radical (unpaired) electrons. The molecular weight excluding hydrogens is 188 g/mol. The summed E-state index contributed by atoms with van der Waals surface area (Å²) in [5.74, 6) is 0.305. The molecule has 3 nitrogen and oxygen atoms in total. The molecule has 0 saturated carbocycles. The molecule has 1 aromatic carbocycles. The quantitative estimate of drug-likeness (QED) is 0.670. The van der Waals surface area contributed by atoms with E-state index in [-0.39, 0.29) is 0 Å².